The molecule has 0 spiro atoms. The molecule has 19 nitrogen and oxygen atoms in total. The van der Waals surface area contributed by atoms with Gasteiger partial charge in [-0.1, -0.05) is 0 Å². The minimum atomic E-state index is -4.56. The second-order valence-corrected chi connectivity index (χ2v) is 16.2. The van der Waals surface area contributed by atoms with Gasteiger partial charge in [0, 0.05) is 0 Å². The number of nitrogens with one attached hydrogen (secondary N) is 4. The number of nitrogen functional groups attached to an aromatic ring is 1. The Kier molecular flexibility index (Phi) is 7.11. The van der Waals surface area contributed by atoms with E-state index in [0.717, 1.165) is 17.2 Å². The number of hydrogen-bond acceptors (Lipinski definition) is 18. The fourth-order valence-electron chi connectivity index (χ4n) is 4.85. The number of alkyl halides is 1. The van der Waals surface area contributed by atoms with E-state index in [-0.39, 0.29) is 53.8 Å². The first-order valence-electron chi connectivity index (χ1n) is 12.6. The fourth-order valence-corrected chi connectivity index (χ4v) is 7.43. The number of ether oxygens (including phenoxy) is 1. The summed E-state index contributed by atoms with van der Waals surface area (Å²) in [6.45, 7) is -0.0980. The molecule has 4 aliphatic heterocycles. The van der Waals surface area contributed by atoms with Gasteiger partial charge in [-0.15, -0.1) is 0 Å². The standard InChI is InChI=1S/C20H24FN9O10P2S2/c21-11-9-3-36-41(33,43)39-7-1-10(29-5-25-12-15(29)23-4-24-17(12)31)37-8(7)2-35-42(34,44)40-14(11)19(38-9)30-6-26-13-16(30)27-20(22)28-18(13)32/h1,3,6,11-12,15,23,25,33-34,41-44H,2,4-5H2,(H,24,31)(H3,22,27,28,32)/b9-3+/t11-,12-,15?/m1/s1. The molecule has 7 heterocycles. The van der Waals surface area contributed by atoms with Crippen molar-refractivity contribution in [3.8, 4) is 5.75 Å². The number of aromatic amines is 1. The number of anilines is 2. The molecular formula is C20H24FN9O10P2S2. The van der Waals surface area contributed by atoms with Crippen LogP contribution in [0.2, 0.25) is 0 Å². The maximum absolute atomic E-state index is 15.7. The summed E-state index contributed by atoms with van der Waals surface area (Å²) in [6.07, 6.45) is -0.884. The molecule has 3 aromatic heterocycles. The molecule has 0 aliphatic carbocycles. The van der Waals surface area contributed by atoms with E-state index in [0.29, 0.717) is 0 Å². The number of imidazole rings is 1. The number of aromatic nitrogens is 4. The average Bonchev–Trinajstić information content (AvgIpc) is 3.72. The molecule has 3 aromatic rings. The van der Waals surface area contributed by atoms with Crippen LogP contribution in [0.25, 0.3) is 17.0 Å². The van der Waals surface area contributed by atoms with Crippen LogP contribution in [-0.4, -0.2) is 66.9 Å². The van der Waals surface area contributed by atoms with Gasteiger partial charge in [-0.3, -0.25) is 0 Å². The minimum absolute atomic E-state index is 0.0466. The molecule has 1 amide bonds. The van der Waals surface area contributed by atoms with Crippen LogP contribution < -0.4 is 36.7 Å². The number of carbonyl (C=O) groups excluding carboxylic acids is 1. The molecule has 0 saturated carbocycles. The molecule has 2 saturated heterocycles. The summed E-state index contributed by atoms with van der Waals surface area (Å²) in [6, 6.07) is 0.835. The third kappa shape index (κ3) is 5.21. The predicted octanol–water partition coefficient (Wildman–Crippen LogP) is -0.324. The Morgan fingerprint density at radius 1 is 1.18 bits per heavy atom. The first-order chi connectivity index (χ1) is 20.9. The van der Waals surface area contributed by atoms with E-state index in [9.17, 15) is 19.4 Å². The number of thiol groups is 2. The van der Waals surface area contributed by atoms with Gasteiger partial charge >= 0.3 is 256 Å². The quantitative estimate of drug-likeness (QED) is 0.123. The second-order valence-electron chi connectivity index (χ2n) is 9.65. The summed E-state index contributed by atoms with van der Waals surface area (Å²) in [5.74, 6) is -1.99. The van der Waals surface area contributed by atoms with Crippen molar-refractivity contribution in [2.45, 2.75) is 25.0 Å². The van der Waals surface area contributed by atoms with Crippen molar-refractivity contribution >= 4 is 73.6 Å². The van der Waals surface area contributed by atoms with Crippen LogP contribution in [0, 0.1) is 0 Å². The van der Waals surface area contributed by atoms with Gasteiger partial charge in [-0.25, -0.2) is 0 Å². The van der Waals surface area contributed by atoms with Crippen LogP contribution in [0.3, 0.4) is 0 Å². The molecule has 8 N–H and O–H groups in total. The zero-order valence-electron chi connectivity index (χ0n) is 21.9. The Morgan fingerprint density at radius 2 is 2.00 bits per heavy atom. The number of nitrogens with two attached hydrogens (primary N) is 1. The molecular weight excluding hydrogens is 671 g/mol. The third-order valence-electron chi connectivity index (χ3n) is 6.78. The van der Waals surface area contributed by atoms with E-state index in [1.807, 2.05) is 0 Å². The van der Waals surface area contributed by atoms with E-state index in [4.69, 9.17) is 33.0 Å². The zero-order chi connectivity index (χ0) is 31.0. The molecule has 7 rings (SSSR count). The van der Waals surface area contributed by atoms with Gasteiger partial charge in [0.15, 0.2) is 0 Å². The normalized spacial score (nSPS) is 28.8. The number of halogens is 1. The Morgan fingerprint density at radius 3 is 2.82 bits per heavy atom. The van der Waals surface area contributed by atoms with Gasteiger partial charge in [0.2, 0.25) is 0 Å². The molecule has 2 fully saturated rings. The summed E-state index contributed by atoms with van der Waals surface area (Å²) in [4.78, 5) is 58.5. The molecule has 4 aliphatic rings. The van der Waals surface area contributed by atoms with Crippen molar-refractivity contribution in [1.82, 2.24) is 35.5 Å². The summed E-state index contributed by atoms with van der Waals surface area (Å²) < 4.78 is 50.5. The van der Waals surface area contributed by atoms with E-state index in [1.165, 1.54) is 6.07 Å². The Hall–Kier alpha value is -3.33. The number of H-pyrrole nitrogens is 1. The van der Waals surface area contributed by atoms with Crippen LogP contribution >= 0.6 is 38.8 Å². The van der Waals surface area contributed by atoms with Crippen molar-refractivity contribution < 1.29 is 46.2 Å². The van der Waals surface area contributed by atoms with Gasteiger partial charge in [-0.05, 0) is 0 Å². The molecule has 44 heavy (non-hydrogen) atoms. The Balaban J connectivity index is 1.25. The summed E-state index contributed by atoms with van der Waals surface area (Å²) >= 11 is 8.25. The third-order valence-corrected chi connectivity index (χ3v) is 9.95. The number of hydrogen-bond donors (Lipinski definition) is 9. The molecule has 2 bridgehead atoms. The summed E-state index contributed by atoms with van der Waals surface area (Å²) in [5.41, 5.74) is 4.72. The average molecular weight is 696 g/mol. The van der Waals surface area contributed by atoms with Gasteiger partial charge < -0.3 is 0 Å². The molecule has 0 aromatic carbocycles. The van der Waals surface area contributed by atoms with Crippen molar-refractivity contribution in [1.29, 1.82) is 0 Å². The van der Waals surface area contributed by atoms with Crippen LogP contribution in [-0.2, 0) is 29.7 Å². The first-order valence-corrected chi connectivity index (χ1v) is 18.7. The van der Waals surface area contributed by atoms with Crippen LogP contribution in [0.5, 0.6) is 5.75 Å². The maximum atomic E-state index is 15.7. The van der Waals surface area contributed by atoms with Crippen LogP contribution in [0.1, 0.15) is 5.76 Å². The van der Waals surface area contributed by atoms with Crippen molar-refractivity contribution in [2.24, 2.45) is 0 Å². The van der Waals surface area contributed by atoms with Crippen molar-refractivity contribution in [3.05, 3.63) is 46.3 Å². The topological polar surface area (TPSA) is 246 Å². The molecule has 238 valence electrons. The van der Waals surface area contributed by atoms with E-state index >= 15 is 4.39 Å². The Labute approximate surface area is 256 Å². The van der Waals surface area contributed by atoms with Gasteiger partial charge in [-0.2, -0.15) is 0 Å². The van der Waals surface area contributed by atoms with Crippen molar-refractivity contribution in [3.63, 3.8) is 0 Å². The number of carbonyl (C=O) groups is 1. The van der Waals surface area contributed by atoms with Gasteiger partial charge in [0.25, 0.3) is 0 Å². The number of furan rings is 1. The van der Waals surface area contributed by atoms with Crippen LogP contribution in [0.4, 0.5) is 16.2 Å². The number of amides is 1. The molecule has 24 heteroatoms. The monoisotopic (exact) mass is 695 g/mol. The number of nitrogens with zero attached hydrogens (tertiary/aromatic N) is 4. The second kappa shape index (κ2) is 10.6. The summed E-state index contributed by atoms with van der Waals surface area (Å²) in [7, 11) is -9.00. The molecule has 1 unspecified atom stereocenters. The van der Waals surface area contributed by atoms with E-state index in [1.54, 1.807) is 4.90 Å². The molecule has 0 radical (unpaired) electrons. The van der Waals surface area contributed by atoms with Gasteiger partial charge in [0.05, 0.1) is 0 Å². The molecule has 3 atom stereocenters. The van der Waals surface area contributed by atoms with Crippen molar-refractivity contribution in [2.75, 3.05) is 24.0 Å². The van der Waals surface area contributed by atoms with Crippen LogP contribution in [0.15, 0.2) is 39.4 Å². The zero-order valence-corrected chi connectivity index (χ0v) is 25.7. The SMILES string of the molecule is Nc1nc2c(ncn2C2=C3O[PH](O)(S)OCc4oc(N5CN[C@H]6C(=O)NCNC65)cc4O[PH](O)(S)O/C=C(/O2)[C@H]3F)c(=O)[nH]1. The Bertz CT molecular complexity index is 1800. The van der Waals surface area contributed by atoms with E-state index < -0.39 is 62.2 Å². The van der Waals surface area contributed by atoms with Gasteiger partial charge in [0.1, 0.15) is 0 Å². The predicted molar refractivity (Wildman–Crippen MR) is 159 cm³/mol. The summed E-state index contributed by atoms with van der Waals surface area (Å²) in [5, 5.41) is 8.90. The fraction of sp³-hybridized carbons (Fsp3) is 0.300. The number of fused-ring (bicyclic) bond motifs is 5. The number of rotatable bonds is 2. The first kappa shape index (κ1) is 29.4. The van der Waals surface area contributed by atoms with E-state index in [2.05, 4.69) is 55.4 Å².